The number of nitrogens with one attached hydrogen (secondary N) is 2. The number of ether oxygens (including phenoxy) is 1. The van der Waals surface area contributed by atoms with Crippen molar-refractivity contribution >= 4 is 11.8 Å². The minimum Gasteiger partial charge on any atom is -0.494 e. The van der Waals surface area contributed by atoms with E-state index in [9.17, 15) is 9.59 Å². The van der Waals surface area contributed by atoms with Gasteiger partial charge in [0.15, 0.2) is 0 Å². The molecule has 0 heterocycles. The van der Waals surface area contributed by atoms with Crippen LogP contribution < -0.4 is 15.6 Å². The third-order valence-electron chi connectivity index (χ3n) is 5.08. The second-order valence-electron chi connectivity index (χ2n) is 6.60. The lowest BCUT2D eigenvalue weighted by atomic mass is 9.86. The van der Waals surface area contributed by atoms with E-state index in [0.29, 0.717) is 30.4 Å². The standard InChI is InChI=1S/C18H24N2O3/c1-2-23-16-7-5-13(6-8-16)18(22)20-19-17(21)11-15-10-12-3-4-14(15)9-12/h5-8,12,14-15H,2-4,9-11H2,1H3,(H,19,21)(H,20,22)/t12-,14-,15-/m1/s1. The Morgan fingerprint density at radius 1 is 1.13 bits per heavy atom. The molecule has 0 unspecified atom stereocenters. The molecule has 0 saturated heterocycles. The van der Waals surface area contributed by atoms with Crippen molar-refractivity contribution in [2.24, 2.45) is 17.8 Å². The summed E-state index contributed by atoms with van der Waals surface area (Å²) in [5, 5.41) is 0. The van der Waals surface area contributed by atoms with Gasteiger partial charge in [0.25, 0.3) is 5.91 Å². The molecule has 0 spiro atoms. The van der Waals surface area contributed by atoms with Crippen LogP contribution in [0.15, 0.2) is 24.3 Å². The topological polar surface area (TPSA) is 67.4 Å². The number of benzene rings is 1. The summed E-state index contributed by atoms with van der Waals surface area (Å²) in [5.41, 5.74) is 5.52. The Morgan fingerprint density at radius 3 is 2.52 bits per heavy atom. The van der Waals surface area contributed by atoms with Gasteiger partial charge in [0.05, 0.1) is 6.61 Å². The first-order chi connectivity index (χ1) is 11.2. The van der Waals surface area contributed by atoms with E-state index in [1.165, 1.54) is 25.7 Å². The number of carbonyl (C=O) groups excluding carboxylic acids is 2. The molecule has 2 aliphatic rings. The largest absolute Gasteiger partial charge is 0.494 e. The zero-order valence-corrected chi connectivity index (χ0v) is 13.5. The van der Waals surface area contributed by atoms with Crippen LogP contribution in [0.1, 0.15) is 49.4 Å². The van der Waals surface area contributed by atoms with Crippen LogP contribution in [0.3, 0.4) is 0 Å². The molecule has 0 aromatic heterocycles. The lowest BCUT2D eigenvalue weighted by Gasteiger charge is -2.20. The highest BCUT2D eigenvalue weighted by molar-refractivity contribution is 5.95. The molecular weight excluding hydrogens is 292 g/mol. The van der Waals surface area contributed by atoms with Gasteiger partial charge in [0.1, 0.15) is 5.75 Å². The van der Waals surface area contributed by atoms with Crippen LogP contribution in [0.2, 0.25) is 0 Å². The molecule has 23 heavy (non-hydrogen) atoms. The summed E-state index contributed by atoms with van der Waals surface area (Å²) in [6.07, 6.45) is 5.57. The molecule has 5 heteroatoms. The molecule has 2 bridgehead atoms. The fourth-order valence-corrected chi connectivity index (χ4v) is 3.98. The third-order valence-corrected chi connectivity index (χ3v) is 5.08. The van der Waals surface area contributed by atoms with Crippen LogP contribution in [0.4, 0.5) is 0 Å². The first kappa shape index (κ1) is 15.8. The second kappa shape index (κ2) is 7.02. The summed E-state index contributed by atoms with van der Waals surface area (Å²) in [5.74, 6) is 2.36. The quantitative estimate of drug-likeness (QED) is 0.821. The fourth-order valence-electron chi connectivity index (χ4n) is 3.98. The molecule has 124 valence electrons. The van der Waals surface area contributed by atoms with Crippen molar-refractivity contribution in [1.82, 2.24) is 10.9 Å². The Kier molecular flexibility index (Phi) is 4.84. The maximum absolute atomic E-state index is 12.0. The van der Waals surface area contributed by atoms with Gasteiger partial charge in [-0.15, -0.1) is 0 Å². The number of hydrazine groups is 1. The van der Waals surface area contributed by atoms with Crippen LogP contribution in [0.5, 0.6) is 5.75 Å². The minimum atomic E-state index is -0.311. The SMILES string of the molecule is CCOc1ccc(C(=O)NNC(=O)C[C@H]2C[C@@H]3CC[C@@H]2C3)cc1. The third kappa shape index (κ3) is 3.84. The Hall–Kier alpha value is -2.04. The van der Waals surface area contributed by atoms with Gasteiger partial charge < -0.3 is 4.74 Å². The van der Waals surface area contributed by atoms with E-state index in [-0.39, 0.29) is 11.8 Å². The molecule has 1 aromatic rings. The summed E-state index contributed by atoms with van der Waals surface area (Å²) in [4.78, 5) is 24.0. The van der Waals surface area contributed by atoms with Crippen LogP contribution in [-0.2, 0) is 4.79 Å². The molecule has 2 fully saturated rings. The predicted molar refractivity (Wildman–Crippen MR) is 86.8 cm³/mol. The van der Waals surface area contributed by atoms with Crippen molar-refractivity contribution in [3.63, 3.8) is 0 Å². The van der Waals surface area contributed by atoms with Gasteiger partial charge in [-0.1, -0.05) is 6.42 Å². The lowest BCUT2D eigenvalue weighted by Crippen LogP contribution is -2.42. The molecular formula is C18H24N2O3. The average molecular weight is 316 g/mol. The van der Waals surface area contributed by atoms with E-state index < -0.39 is 0 Å². The minimum absolute atomic E-state index is 0.0955. The highest BCUT2D eigenvalue weighted by atomic mass is 16.5. The second-order valence-corrected chi connectivity index (χ2v) is 6.60. The summed E-state index contributed by atoms with van der Waals surface area (Å²) >= 11 is 0. The molecule has 3 atom stereocenters. The van der Waals surface area contributed by atoms with Crippen LogP contribution >= 0.6 is 0 Å². The van der Waals surface area contributed by atoms with Crippen LogP contribution in [-0.4, -0.2) is 18.4 Å². The van der Waals surface area contributed by atoms with E-state index in [1.54, 1.807) is 24.3 Å². The number of hydrogen-bond donors (Lipinski definition) is 2. The monoisotopic (exact) mass is 316 g/mol. The first-order valence-electron chi connectivity index (χ1n) is 8.47. The zero-order chi connectivity index (χ0) is 16.2. The molecule has 2 N–H and O–H groups in total. The van der Waals surface area contributed by atoms with Gasteiger partial charge >= 0.3 is 0 Å². The Labute approximate surface area is 136 Å². The molecule has 5 nitrogen and oxygen atoms in total. The fraction of sp³-hybridized carbons (Fsp3) is 0.556. The molecule has 0 radical (unpaired) electrons. The number of hydrogen-bond acceptors (Lipinski definition) is 3. The molecule has 3 rings (SSSR count). The average Bonchev–Trinajstić information content (AvgIpc) is 3.16. The number of fused-ring (bicyclic) bond motifs is 2. The van der Waals surface area contributed by atoms with Crippen molar-refractivity contribution in [3.05, 3.63) is 29.8 Å². The molecule has 2 saturated carbocycles. The molecule has 1 aromatic carbocycles. The van der Waals surface area contributed by atoms with E-state index in [2.05, 4.69) is 10.9 Å². The van der Waals surface area contributed by atoms with Crippen LogP contribution in [0, 0.1) is 17.8 Å². The highest BCUT2D eigenvalue weighted by Gasteiger charge is 2.40. The van der Waals surface area contributed by atoms with Crippen LogP contribution in [0.25, 0.3) is 0 Å². The summed E-state index contributed by atoms with van der Waals surface area (Å²) < 4.78 is 5.34. The first-order valence-corrected chi connectivity index (χ1v) is 8.47. The molecule has 2 amide bonds. The summed E-state index contributed by atoms with van der Waals surface area (Å²) in [7, 11) is 0. The van der Waals surface area contributed by atoms with Gasteiger partial charge in [0.2, 0.25) is 5.91 Å². The van der Waals surface area contributed by atoms with Crippen molar-refractivity contribution < 1.29 is 14.3 Å². The smallest absolute Gasteiger partial charge is 0.269 e. The number of carbonyl (C=O) groups is 2. The summed E-state index contributed by atoms with van der Waals surface area (Å²) in [6, 6.07) is 6.86. The number of rotatable bonds is 5. The number of amides is 2. The van der Waals surface area contributed by atoms with Crippen molar-refractivity contribution in [3.8, 4) is 5.75 Å². The van der Waals surface area contributed by atoms with E-state index in [1.807, 2.05) is 6.92 Å². The maximum atomic E-state index is 12.0. The highest BCUT2D eigenvalue weighted by Crippen LogP contribution is 2.49. The Bertz CT molecular complexity index is 570. The Balaban J connectivity index is 1.44. The predicted octanol–water partition coefficient (Wildman–Crippen LogP) is 2.67. The van der Waals surface area contributed by atoms with E-state index in [0.717, 1.165) is 11.7 Å². The van der Waals surface area contributed by atoms with Crippen molar-refractivity contribution in [2.45, 2.75) is 39.0 Å². The zero-order valence-electron chi connectivity index (χ0n) is 13.5. The van der Waals surface area contributed by atoms with Gasteiger partial charge in [-0.05, 0) is 68.2 Å². The van der Waals surface area contributed by atoms with Gasteiger partial charge in [-0.2, -0.15) is 0 Å². The Morgan fingerprint density at radius 2 is 1.91 bits per heavy atom. The lowest BCUT2D eigenvalue weighted by molar-refractivity contribution is -0.123. The van der Waals surface area contributed by atoms with Crippen molar-refractivity contribution in [2.75, 3.05) is 6.61 Å². The molecule has 0 aliphatic heterocycles. The van der Waals surface area contributed by atoms with Gasteiger partial charge in [-0.25, -0.2) is 0 Å². The van der Waals surface area contributed by atoms with E-state index in [4.69, 9.17) is 4.74 Å². The van der Waals surface area contributed by atoms with Gasteiger partial charge in [-0.3, -0.25) is 20.4 Å². The van der Waals surface area contributed by atoms with Crippen molar-refractivity contribution in [1.29, 1.82) is 0 Å². The maximum Gasteiger partial charge on any atom is 0.269 e. The van der Waals surface area contributed by atoms with E-state index >= 15 is 0 Å². The summed E-state index contributed by atoms with van der Waals surface area (Å²) in [6.45, 7) is 2.50. The molecule has 2 aliphatic carbocycles. The van der Waals surface area contributed by atoms with Gasteiger partial charge in [0, 0.05) is 12.0 Å². The normalized spacial score (nSPS) is 25.2.